The molecule has 0 saturated heterocycles. The Morgan fingerprint density at radius 2 is 1.00 bits per heavy atom. The normalized spacial score (nSPS) is 16.3. The summed E-state index contributed by atoms with van der Waals surface area (Å²) in [6.45, 7) is 0.196. The summed E-state index contributed by atoms with van der Waals surface area (Å²) >= 11 is 0. The summed E-state index contributed by atoms with van der Waals surface area (Å²) in [7, 11) is 0. The fraction of sp³-hybridized carbons (Fsp3) is 0.933. The zero-order valence-corrected chi connectivity index (χ0v) is 16.9. The Labute approximate surface area is 183 Å². The standard InChI is InChI=1S/C15H14F17NO2/c1-3-35-7(34)6(2)33-5-4-8(16,17)9(18,19)10(20,21)11(22,23)12(24,25)13(26,27)14(28,29)15(30,31)32/h6,33H,3-5H2,1-2H3/t6-/m0/s1. The molecule has 0 bridgehead atoms. The van der Waals surface area contributed by atoms with Crippen molar-refractivity contribution in [2.75, 3.05) is 13.2 Å². The first-order valence-corrected chi connectivity index (χ1v) is 8.73. The van der Waals surface area contributed by atoms with Gasteiger partial charge in [0.2, 0.25) is 0 Å². The molecule has 0 radical (unpaired) electrons. The van der Waals surface area contributed by atoms with Crippen LogP contribution in [-0.2, 0) is 9.53 Å². The van der Waals surface area contributed by atoms with Gasteiger partial charge in [-0.3, -0.25) is 4.79 Å². The Morgan fingerprint density at radius 3 is 1.34 bits per heavy atom. The van der Waals surface area contributed by atoms with Crippen molar-refractivity contribution in [3.05, 3.63) is 0 Å². The van der Waals surface area contributed by atoms with Crippen LogP contribution in [0.4, 0.5) is 74.6 Å². The van der Waals surface area contributed by atoms with E-state index < -0.39 is 72.6 Å². The first-order valence-electron chi connectivity index (χ1n) is 8.73. The number of hydrogen-bond donors (Lipinski definition) is 1. The predicted octanol–water partition coefficient (Wildman–Crippen LogP) is 5.93. The average Bonchev–Trinajstić information content (AvgIpc) is 2.65. The third-order valence-corrected chi connectivity index (χ3v) is 4.32. The van der Waals surface area contributed by atoms with Gasteiger partial charge in [0.25, 0.3) is 0 Å². The van der Waals surface area contributed by atoms with Gasteiger partial charge >= 0.3 is 53.6 Å². The molecule has 0 aliphatic rings. The monoisotopic (exact) mass is 563 g/mol. The molecule has 0 fully saturated rings. The lowest BCUT2D eigenvalue weighted by Gasteiger charge is -2.42. The maximum atomic E-state index is 13.7. The fourth-order valence-electron chi connectivity index (χ4n) is 2.15. The van der Waals surface area contributed by atoms with Crippen LogP contribution in [0.2, 0.25) is 0 Å². The zero-order chi connectivity index (χ0) is 28.7. The molecule has 3 nitrogen and oxygen atoms in total. The predicted molar refractivity (Wildman–Crippen MR) is 79.4 cm³/mol. The molecule has 35 heavy (non-hydrogen) atoms. The molecule has 0 saturated carbocycles. The van der Waals surface area contributed by atoms with Gasteiger partial charge in [0.05, 0.1) is 6.61 Å². The number of hydrogen-bond acceptors (Lipinski definition) is 3. The zero-order valence-electron chi connectivity index (χ0n) is 16.9. The van der Waals surface area contributed by atoms with Gasteiger partial charge in [0.1, 0.15) is 6.04 Å². The minimum atomic E-state index is -8.65. The van der Waals surface area contributed by atoms with E-state index in [1.807, 2.05) is 0 Å². The Morgan fingerprint density at radius 1 is 0.657 bits per heavy atom. The minimum absolute atomic E-state index is 0.285. The summed E-state index contributed by atoms with van der Waals surface area (Å²) in [5, 5.41) is 1.66. The molecule has 0 amide bonds. The van der Waals surface area contributed by atoms with Crippen molar-refractivity contribution in [2.45, 2.75) is 73.9 Å². The van der Waals surface area contributed by atoms with E-state index in [0.717, 1.165) is 6.92 Å². The molecule has 0 aliphatic carbocycles. The van der Waals surface area contributed by atoms with Gasteiger partial charge in [-0.05, 0) is 13.8 Å². The average molecular weight is 563 g/mol. The highest BCUT2D eigenvalue weighted by Gasteiger charge is 2.95. The lowest BCUT2D eigenvalue weighted by atomic mass is 9.88. The molecule has 0 aromatic heterocycles. The number of carbonyl (C=O) groups is 1. The van der Waals surface area contributed by atoms with E-state index in [9.17, 15) is 79.4 Å². The van der Waals surface area contributed by atoms with Crippen molar-refractivity contribution in [3.8, 4) is 0 Å². The summed E-state index contributed by atoms with van der Waals surface area (Å²) in [6, 6.07) is -1.60. The molecule has 0 rings (SSSR count). The maximum Gasteiger partial charge on any atom is 0.460 e. The number of nitrogens with one attached hydrogen (secondary N) is 1. The number of carbonyl (C=O) groups excluding carboxylic acids is 1. The summed E-state index contributed by atoms with van der Waals surface area (Å²) in [5.74, 6) is -57.8. The second-order valence-corrected chi connectivity index (χ2v) is 6.83. The fourth-order valence-corrected chi connectivity index (χ4v) is 2.15. The van der Waals surface area contributed by atoms with Crippen molar-refractivity contribution in [2.24, 2.45) is 0 Å². The molecule has 0 aromatic rings. The molecule has 1 N–H and O–H groups in total. The molecular weight excluding hydrogens is 549 g/mol. The van der Waals surface area contributed by atoms with E-state index in [1.165, 1.54) is 6.92 Å². The van der Waals surface area contributed by atoms with Crippen LogP contribution < -0.4 is 5.32 Å². The summed E-state index contributed by atoms with van der Waals surface area (Å²) in [6.07, 6.45) is -10.5. The van der Waals surface area contributed by atoms with Crippen LogP contribution in [0.5, 0.6) is 0 Å². The summed E-state index contributed by atoms with van der Waals surface area (Å²) < 4.78 is 227. The molecule has 0 heterocycles. The molecule has 0 unspecified atom stereocenters. The van der Waals surface area contributed by atoms with E-state index in [-0.39, 0.29) is 6.61 Å². The van der Waals surface area contributed by atoms with Crippen molar-refractivity contribution in [3.63, 3.8) is 0 Å². The van der Waals surface area contributed by atoms with Gasteiger partial charge in [-0.2, -0.15) is 74.6 Å². The molecule has 20 heteroatoms. The Bertz CT molecular complexity index is 746. The summed E-state index contributed by atoms with van der Waals surface area (Å²) in [4.78, 5) is 11.2. The smallest absolute Gasteiger partial charge is 0.460 e. The van der Waals surface area contributed by atoms with Crippen LogP contribution in [-0.4, -0.2) is 72.8 Å². The van der Waals surface area contributed by atoms with Crippen molar-refractivity contribution >= 4 is 5.97 Å². The van der Waals surface area contributed by atoms with E-state index >= 15 is 0 Å². The van der Waals surface area contributed by atoms with Crippen LogP contribution in [0.1, 0.15) is 20.3 Å². The molecule has 0 aliphatic heterocycles. The van der Waals surface area contributed by atoms with Crippen LogP contribution in [0.25, 0.3) is 0 Å². The van der Waals surface area contributed by atoms with Gasteiger partial charge in [-0.15, -0.1) is 0 Å². The summed E-state index contributed by atoms with van der Waals surface area (Å²) in [5.41, 5.74) is 0. The first kappa shape index (κ1) is 33.2. The number of rotatable bonds is 12. The van der Waals surface area contributed by atoms with Crippen LogP contribution in [0.15, 0.2) is 0 Å². The van der Waals surface area contributed by atoms with Gasteiger partial charge in [-0.1, -0.05) is 0 Å². The topological polar surface area (TPSA) is 38.3 Å². The van der Waals surface area contributed by atoms with Gasteiger partial charge in [-0.25, -0.2) is 0 Å². The highest BCUT2D eigenvalue weighted by molar-refractivity contribution is 5.75. The highest BCUT2D eigenvalue weighted by atomic mass is 19.4. The lowest BCUT2D eigenvalue weighted by molar-refractivity contribution is -0.461. The third kappa shape index (κ3) is 5.21. The minimum Gasteiger partial charge on any atom is -0.465 e. The quantitative estimate of drug-likeness (QED) is 0.237. The first-order chi connectivity index (χ1) is 15.1. The number of ether oxygens (including phenoxy) is 1. The van der Waals surface area contributed by atoms with E-state index in [0.29, 0.717) is 0 Å². The van der Waals surface area contributed by atoms with Crippen molar-refractivity contribution in [1.29, 1.82) is 0 Å². The second-order valence-electron chi connectivity index (χ2n) is 6.83. The van der Waals surface area contributed by atoms with Crippen LogP contribution in [0.3, 0.4) is 0 Å². The van der Waals surface area contributed by atoms with E-state index in [4.69, 9.17) is 0 Å². The Hall–Kier alpha value is -1.76. The Kier molecular flexibility index (Phi) is 9.12. The van der Waals surface area contributed by atoms with Crippen molar-refractivity contribution in [1.82, 2.24) is 5.32 Å². The number of alkyl halides is 17. The highest BCUT2D eigenvalue weighted by Crippen LogP contribution is 2.64. The number of esters is 1. The molecule has 0 spiro atoms. The van der Waals surface area contributed by atoms with Gasteiger partial charge in [0, 0.05) is 13.0 Å². The van der Waals surface area contributed by atoms with Gasteiger partial charge < -0.3 is 10.1 Å². The molecular formula is C15H14F17NO2. The lowest BCUT2D eigenvalue weighted by Crippen LogP contribution is -2.74. The molecule has 210 valence electrons. The van der Waals surface area contributed by atoms with Crippen LogP contribution >= 0.6 is 0 Å². The van der Waals surface area contributed by atoms with Crippen molar-refractivity contribution < 1.29 is 84.2 Å². The van der Waals surface area contributed by atoms with E-state index in [2.05, 4.69) is 4.74 Å². The third-order valence-electron chi connectivity index (χ3n) is 4.32. The number of halogens is 17. The molecule has 0 aromatic carbocycles. The Balaban J connectivity index is 6.19. The van der Waals surface area contributed by atoms with E-state index in [1.54, 1.807) is 5.32 Å². The molecule has 1 atom stereocenters. The SMILES string of the molecule is CCOC(=O)[C@H](C)NCCC(F)(F)C(F)(F)C(F)(F)C(F)(F)C(F)(F)C(F)(F)C(F)(F)C(F)(F)F. The second kappa shape index (κ2) is 9.60. The van der Waals surface area contributed by atoms with Crippen LogP contribution in [0, 0.1) is 0 Å². The van der Waals surface area contributed by atoms with Gasteiger partial charge in [0.15, 0.2) is 0 Å². The maximum absolute atomic E-state index is 13.7. The largest absolute Gasteiger partial charge is 0.465 e.